The molecule has 0 aliphatic rings. The van der Waals surface area contributed by atoms with E-state index in [1.807, 2.05) is 24.4 Å². The van der Waals surface area contributed by atoms with Crippen LogP contribution in [0.4, 0.5) is 0 Å². The lowest BCUT2D eigenvalue weighted by atomic mass is 9.82. The summed E-state index contributed by atoms with van der Waals surface area (Å²) in [7, 11) is 0.614. The zero-order valence-corrected chi connectivity index (χ0v) is 18.0. The van der Waals surface area contributed by atoms with Crippen LogP contribution in [-0.4, -0.2) is 26.2 Å². The maximum absolute atomic E-state index is 11.5. The summed E-state index contributed by atoms with van der Waals surface area (Å²) in [5.74, 6) is 1.35. The molecule has 2 rings (SSSR count). The fraction of sp³-hybridized carbons (Fsp3) is 0.526. The van der Waals surface area contributed by atoms with Gasteiger partial charge >= 0.3 is 0 Å². The number of methoxy groups -OCH3 is 1. The summed E-state index contributed by atoms with van der Waals surface area (Å²) in [6.45, 7) is 12.5. The Hall–Kier alpha value is -1.37. The summed E-state index contributed by atoms with van der Waals surface area (Å²) in [4.78, 5) is 4.36. The molecule has 1 aromatic heterocycles. The molecule has 0 fully saturated rings. The van der Waals surface area contributed by atoms with Gasteiger partial charge in [0, 0.05) is 22.7 Å². The molecule has 6 heteroatoms. The molecule has 1 atom stereocenters. The predicted octanol–water partition coefficient (Wildman–Crippen LogP) is 4.73. The number of thiazole rings is 1. The Labute approximate surface area is 156 Å². The lowest BCUT2D eigenvalue weighted by molar-refractivity contribution is 0.0740. The number of aliphatic hydroxyl groups is 1. The third-order valence-corrected chi connectivity index (χ3v) is 5.71. The van der Waals surface area contributed by atoms with Crippen molar-refractivity contribution in [2.45, 2.75) is 58.2 Å². The quantitative estimate of drug-likeness (QED) is 0.739. The fourth-order valence-corrected chi connectivity index (χ4v) is 4.30. The molecule has 0 aliphatic carbocycles. The van der Waals surface area contributed by atoms with Gasteiger partial charge in [0.05, 0.1) is 7.11 Å². The highest BCUT2D eigenvalue weighted by Crippen LogP contribution is 2.47. The molecule has 0 saturated carbocycles. The monoisotopic (exact) mass is 378 g/mol. The molecule has 1 unspecified atom stereocenters. The molecule has 0 bridgehead atoms. The highest BCUT2D eigenvalue weighted by atomic mass is 32.1. The number of hydrogen-bond acceptors (Lipinski definition) is 5. The van der Waals surface area contributed by atoms with Crippen molar-refractivity contribution in [2.75, 3.05) is 7.11 Å². The molecule has 0 saturated heterocycles. The topological polar surface area (TPSA) is 51.6 Å². The van der Waals surface area contributed by atoms with Crippen molar-refractivity contribution in [1.82, 2.24) is 4.98 Å². The van der Waals surface area contributed by atoms with Gasteiger partial charge < -0.3 is 14.3 Å². The van der Waals surface area contributed by atoms with Crippen LogP contribution >= 0.6 is 11.3 Å². The summed E-state index contributed by atoms with van der Waals surface area (Å²) in [6.07, 6.45) is 2.22. The van der Waals surface area contributed by atoms with E-state index in [9.17, 15) is 5.11 Å². The van der Waals surface area contributed by atoms with Crippen LogP contribution in [0.25, 0.3) is 0 Å². The molecule has 4 nitrogen and oxygen atoms in total. The zero-order chi connectivity index (χ0) is 18.8. The summed E-state index contributed by atoms with van der Waals surface area (Å²) in [6, 6.07) is 4.00. The van der Waals surface area contributed by atoms with Gasteiger partial charge in [-0.25, -0.2) is 4.98 Å². The molecule has 1 radical (unpaired) electrons. The maximum atomic E-state index is 11.5. The summed E-state index contributed by atoms with van der Waals surface area (Å²) in [5, 5.41) is 14.0. The van der Waals surface area contributed by atoms with Crippen molar-refractivity contribution in [3.05, 3.63) is 39.8 Å². The van der Waals surface area contributed by atoms with Gasteiger partial charge in [-0.05, 0) is 24.9 Å². The summed E-state index contributed by atoms with van der Waals surface area (Å²) in [5.41, 5.74) is 0.502. The Bertz CT molecular complexity index is 710. The standard InChI is InChI=1S/C19H28NO3SSi/c1-8-19(21,17-20-11-12-24-17)14-10-9-13(18(2,3)4)15(22-5)16(14)23-25(6)7/h9-12,21H,8H2,1-7H3. The number of ether oxygens (including phenoxy) is 1. The molecule has 1 N–H and O–H groups in total. The van der Waals surface area contributed by atoms with Gasteiger partial charge in [0.2, 0.25) is 0 Å². The van der Waals surface area contributed by atoms with E-state index in [1.165, 1.54) is 11.3 Å². The molecule has 1 heterocycles. The van der Waals surface area contributed by atoms with Gasteiger partial charge in [-0.3, -0.25) is 0 Å². The number of aromatic nitrogens is 1. The lowest BCUT2D eigenvalue weighted by Gasteiger charge is -2.32. The normalized spacial score (nSPS) is 14.4. The third kappa shape index (κ3) is 3.91. The molecule has 0 amide bonds. The van der Waals surface area contributed by atoms with E-state index in [-0.39, 0.29) is 5.41 Å². The number of rotatable bonds is 6. The highest BCUT2D eigenvalue weighted by Gasteiger charge is 2.38. The van der Waals surface area contributed by atoms with E-state index in [4.69, 9.17) is 9.16 Å². The largest absolute Gasteiger partial charge is 0.540 e. The maximum Gasteiger partial charge on any atom is 0.274 e. The van der Waals surface area contributed by atoms with Crippen molar-refractivity contribution >= 4 is 20.4 Å². The Morgan fingerprint density at radius 2 is 1.80 bits per heavy atom. The molecular formula is C19H28NO3SSi. The minimum atomic E-state index is -1.19. The van der Waals surface area contributed by atoms with E-state index < -0.39 is 14.6 Å². The molecule has 137 valence electrons. The van der Waals surface area contributed by atoms with Crippen LogP contribution in [0.15, 0.2) is 23.7 Å². The first-order chi connectivity index (χ1) is 11.6. The van der Waals surface area contributed by atoms with E-state index in [2.05, 4.69) is 38.8 Å². The molecular weight excluding hydrogens is 350 g/mol. The van der Waals surface area contributed by atoms with Crippen LogP contribution in [0, 0.1) is 0 Å². The average Bonchev–Trinajstić information content (AvgIpc) is 3.07. The first kappa shape index (κ1) is 19.9. The third-order valence-electron chi connectivity index (χ3n) is 4.17. The van der Waals surface area contributed by atoms with Gasteiger partial charge in [-0.15, -0.1) is 11.3 Å². The number of benzene rings is 1. The highest BCUT2D eigenvalue weighted by molar-refractivity contribution is 7.09. The first-order valence-corrected chi connectivity index (χ1v) is 11.8. The minimum Gasteiger partial charge on any atom is -0.540 e. The van der Waals surface area contributed by atoms with Crippen molar-refractivity contribution < 1.29 is 14.3 Å². The molecule has 0 aliphatic heterocycles. The van der Waals surface area contributed by atoms with Gasteiger partial charge in [0.1, 0.15) is 10.6 Å². The van der Waals surface area contributed by atoms with Crippen molar-refractivity contribution in [3.8, 4) is 11.5 Å². The van der Waals surface area contributed by atoms with Gasteiger partial charge in [-0.1, -0.05) is 39.8 Å². The molecule has 1 aromatic carbocycles. The zero-order valence-electron chi connectivity index (χ0n) is 16.1. The van der Waals surface area contributed by atoms with E-state index in [1.54, 1.807) is 13.3 Å². The van der Waals surface area contributed by atoms with Crippen molar-refractivity contribution in [2.24, 2.45) is 0 Å². The predicted molar refractivity (Wildman–Crippen MR) is 105 cm³/mol. The SMILES string of the molecule is CCC(O)(c1nccs1)c1ccc(C(C)(C)C)c(OC)c1O[Si](C)C. The van der Waals surface area contributed by atoms with E-state index >= 15 is 0 Å². The van der Waals surface area contributed by atoms with Crippen LogP contribution in [0.3, 0.4) is 0 Å². The van der Waals surface area contributed by atoms with Gasteiger partial charge in [0.25, 0.3) is 9.04 Å². The lowest BCUT2D eigenvalue weighted by Crippen LogP contribution is -2.29. The number of hydrogen-bond donors (Lipinski definition) is 1. The summed E-state index contributed by atoms with van der Waals surface area (Å²) >= 11 is 1.45. The van der Waals surface area contributed by atoms with Crippen LogP contribution in [0.5, 0.6) is 11.5 Å². The minimum absolute atomic E-state index is 0.0954. The van der Waals surface area contributed by atoms with Crippen LogP contribution in [0.2, 0.25) is 13.1 Å². The van der Waals surface area contributed by atoms with Crippen molar-refractivity contribution in [1.29, 1.82) is 0 Å². The second-order valence-corrected chi connectivity index (χ2v) is 10.2. The van der Waals surface area contributed by atoms with E-state index in [0.29, 0.717) is 22.9 Å². The second kappa shape index (κ2) is 7.48. The van der Waals surface area contributed by atoms with Crippen LogP contribution in [-0.2, 0) is 11.0 Å². The molecule has 25 heavy (non-hydrogen) atoms. The van der Waals surface area contributed by atoms with Crippen LogP contribution < -0.4 is 9.16 Å². The average molecular weight is 379 g/mol. The van der Waals surface area contributed by atoms with Gasteiger partial charge in [0.15, 0.2) is 11.5 Å². The Morgan fingerprint density at radius 1 is 1.16 bits per heavy atom. The first-order valence-electron chi connectivity index (χ1n) is 8.47. The fourth-order valence-electron chi connectivity index (χ4n) is 2.87. The molecule has 0 spiro atoms. The van der Waals surface area contributed by atoms with Gasteiger partial charge in [-0.2, -0.15) is 0 Å². The molecule has 2 aromatic rings. The Balaban J connectivity index is 2.77. The Kier molecular flexibility index (Phi) is 5.96. The smallest absolute Gasteiger partial charge is 0.274 e. The number of nitrogens with zero attached hydrogens (tertiary/aromatic N) is 1. The van der Waals surface area contributed by atoms with E-state index in [0.717, 1.165) is 11.1 Å². The van der Waals surface area contributed by atoms with Crippen molar-refractivity contribution in [3.63, 3.8) is 0 Å². The Morgan fingerprint density at radius 3 is 2.24 bits per heavy atom. The second-order valence-electron chi connectivity index (χ2n) is 7.33. The van der Waals surface area contributed by atoms with Crippen LogP contribution in [0.1, 0.15) is 50.3 Å². The summed E-state index contributed by atoms with van der Waals surface area (Å²) < 4.78 is 12.0.